The first-order valence-corrected chi connectivity index (χ1v) is 6.79. The highest BCUT2D eigenvalue weighted by molar-refractivity contribution is 5.90. The lowest BCUT2D eigenvalue weighted by Gasteiger charge is -2.29. The number of aliphatic hydroxyl groups is 1. The molecule has 0 aromatic heterocycles. The van der Waals surface area contributed by atoms with Gasteiger partial charge >= 0.3 is 6.09 Å². The third kappa shape index (κ3) is 2.57. The van der Waals surface area contributed by atoms with Crippen molar-refractivity contribution < 1.29 is 19.4 Å². The number of ether oxygens (including phenoxy) is 2. The minimum Gasteiger partial charge on any atom is -0.441 e. The second kappa shape index (κ2) is 5.68. The molecule has 0 radical (unpaired) electrons. The van der Waals surface area contributed by atoms with Crippen LogP contribution in [0.2, 0.25) is 0 Å². The molecule has 0 bridgehead atoms. The molecule has 6 heteroatoms. The zero-order valence-corrected chi connectivity index (χ0v) is 11.2. The van der Waals surface area contributed by atoms with Crippen LogP contribution in [0.5, 0.6) is 0 Å². The summed E-state index contributed by atoms with van der Waals surface area (Å²) in [7, 11) is 0. The highest BCUT2D eigenvalue weighted by Gasteiger charge is 2.32. The number of amides is 1. The Morgan fingerprint density at radius 1 is 1.25 bits per heavy atom. The molecule has 2 aliphatic heterocycles. The lowest BCUT2D eigenvalue weighted by molar-refractivity contribution is 0.0963. The van der Waals surface area contributed by atoms with Gasteiger partial charge in [0.1, 0.15) is 6.10 Å². The molecule has 20 heavy (non-hydrogen) atoms. The molecule has 2 heterocycles. The molecule has 1 atom stereocenters. The highest BCUT2D eigenvalue weighted by atomic mass is 16.6. The summed E-state index contributed by atoms with van der Waals surface area (Å²) in [6, 6.07) is 7.82. The van der Waals surface area contributed by atoms with E-state index < -0.39 is 12.2 Å². The van der Waals surface area contributed by atoms with Gasteiger partial charge in [-0.05, 0) is 18.2 Å². The van der Waals surface area contributed by atoms with Crippen molar-refractivity contribution in [2.75, 3.05) is 49.3 Å². The first kappa shape index (κ1) is 13.2. The summed E-state index contributed by atoms with van der Waals surface area (Å²) in [5.74, 6) is 0. The molecule has 0 saturated carbocycles. The monoisotopic (exact) mass is 278 g/mol. The Morgan fingerprint density at radius 3 is 2.70 bits per heavy atom. The minimum absolute atomic E-state index is 0.147. The largest absolute Gasteiger partial charge is 0.441 e. The van der Waals surface area contributed by atoms with E-state index in [0.29, 0.717) is 6.54 Å². The predicted molar refractivity (Wildman–Crippen MR) is 74.2 cm³/mol. The van der Waals surface area contributed by atoms with Crippen LogP contribution < -0.4 is 9.80 Å². The lowest BCUT2D eigenvalue weighted by Crippen LogP contribution is -2.36. The minimum atomic E-state index is -0.436. The summed E-state index contributed by atoms with van der Waals surface area (Å²) in [5.41, 5.74) is 1.88. The highest BCUT2D eigenvalue weighted by Crippen LogP contribution is 2.26. The van der Waals surface area contributed by atoms with Gasteiger partial charge in [-0.1, -0.05) is 6.07 Å². The van der Waals surface area contributed by atoms with E-state index in [1.807, 2.05) is 24.3 Å². The number of aliphatic hydroxyl groups excluding tert-OH is 1. The molecule has 1 aromatic carbocycles. The number of rotatable bonds is 3. The normalized spacial score (nSPS) is 23.1. The summed E-state index contributed by atoms with van der Waals surface area (Å²) >= 11 is 0. The maximum atomic E-state index is 11.8. The number of carbonyl (C=O) groups is 1. The van der Waals surface area contributed by atoms with E-state index in [4.69, 9.17) is 14.6 Å². The first-order valence-electron chi connectivity index (χ1n) is 6.79. The van der Waals surface area contributed by atoms with Crippen LogP contribution in [0.4, 0.5) is 16.2 Å². The van der Waals surface area contributed by atoms with Crippen molar-refractivity contribution in [3.63, 3.8) is 0 Å². The molecular weight excluding hydrogens is 260 g/mol. The predicted octanol–water partition coefficient (Wildman–Crippen LogP) is 0.841. The van der Waals surface area contributed by atoms with Crippen LogP contribution >= 0.6 is 0 Å². The molecule has 0 aliphatic carbocycles. The Kier molecular flexibility index (Phi) is 3.75. The van der Waals surface area contributed by atoms with Crippen molar-refractivity contribution in [3.8, 4) is 0 Å². The van der Waals surface area contributed by atoms with Crippen molar-refractivity contribution >= 4 is 17.5 Å². The molecule has 6 nitrogen and oxygen atoms in total. The summed E-state index contributed by atoms with van der Waals surface area (Å²) in [4.78, 5) is 15.6. The van der Waals surface area contributed by atoms with Crippen LogP contribution in [0.3, 0.4) is 0 Å². The number of nitrogens with zero attached hydrogens (tertiary/aromatic N) is 2. The maximum Gasteiger partial charge on any atom is 0.414 e. The quantitative estimate of drug-likeness (QED) is 0.887. The standard InChI is InChI=1S/C14H18N2O4/c17-10-13-9-16(14(18)20-13)12-3-1-2-11(8-12)15-4-6-19-7-5-15/h1-3,8,13,17H,4-7,9-10H2. The molecule has 1 unspecified atom stereocenters. The molecule has 2 saturated heterocycles. The zero-order valence-electron chi connectivity index (χ0n) is 11.2. The third-order valence-corrected chi connectivity index (χ3v) is 3.60. The van der Waals surface area contributed by atoms with Crippen LogP contribution in [-0.4, -0.2) is 56.8 Å². The van der Waals surface area contributed by atoms with E-state index in [1.54, 1.807) is 4.90 Å². The van der Waals surface area contributed by atoms with Gasteiger partial charge in [-0.15, -0.1) is 0 Å². The fraction of sp³-hybridized carbons (Fsp3) is 0.500. The second-order valence-corrected chi connectivity index (χ2v) is 4.92. The Labute approximate surface area is 117 Å². The third-order valence-electron chi connectivity index (χ3n) is 3.60. The fourth-order valence-electron chi connectivity index (χ4n) is 2.51. The Morgan fingerprint density at radius 2 is 2.00 bits per heavy atom. The van der Waals surface area contributed by atoms with Crippen molar-refractivity contribution in [2.24, 2.45) is 0 Å². The van der Waals surface area contributed by atoms with Crippen LogP contribution in [0.25, 0.3) is 0 Å². The molecule has 108 valence electrons. The number of benzene rings is 1. The van der Waals surface area contributed by atoms with E-state index in [0.717, 1.165) is 37.7 Å². The number of cyclic esters (lactones) is 1. The molecule has 1 aromatic rings. The Balaban J connectivity index is 1.78. The van der Waals surface area contributed by atoms with Gasteiger partial charge in [-0.2, -0.15) is 0 Å². The van der Waals surface area contributed by atoms with Crippen LogP contribution in [0.15, 0.2) is 24.3 Å². The summed E-state index contributed by atoms with van der Waals surface area (Å²) in [5, 5.41) is 9.08. The molecular formula is C14H18N2O4. The summed E-state index contributed by atoms with van der Waals surface area (Å²) in [6.07, 6.45) is -0.835. The van der Waals surface area contributed by atoms with Crippen molar-refractivity contribution in [3.05, 3.63) is 24.3 Å². The van der Waals surface area contributed by atoms with E-state index in [-0.39, 0.29) is 6.61 Å². The SMILES string of the molecule is O=C1OC(CO)CN1c1cccc(N2CCOCC2)c1. The summed E-state index contributed by atoms with van der Waals surface area (Å²) in [6.45, 7) is 3.40. The van der Waals surface area contributed by atoms with Crippen LogP contribution in [0.1, 0.15) is 0 Å². The molecule has 3 rings (SSSR count). The Bertz CT molecular complexity index is 488. The van der Waals surface area contributed by atoms with Crippen molar-refractivity contribution in [2.45, 2.75) is 6.10 Å². The van der Waals surface area contributed by atoms with Gasteiger partial charge in [-0.25, -0.2) is 4.79 Å². The van der Waals surface area contributed by atoms with E-state index in [9.17, 15) is 4.79 Å². The van der Waals surface area contributed by atoms with Gasteiger partial charge in [0.15, 0.2) is 0 Å². The van der Waals surface area contributed by atoms with E-state index in [2.05, 4.69) is 4.90 Å². The number of morpholine rings is 1. The molecule has 1 N–H and O–H groups in total. The van der Waals surface area contributed by atoms with Crippen molar-refractivity contribution in [1.82, 2.24) is 0 Å². The van der Waals surface area contributed by atoms with Crippen molar-refractivity contribution in [1.29, 1.82) is 0 Å². The van der Waals surface area contributed by atoms with Crippen LogP contribution in [0, 0.1) is 0 Å². The van der Waals surface area contributed by atoms with Gasteiger partial charge in [0.25, 0.3) is 0 Å². The fourth-order valence-corrected chi connectivity index (χ4v) is 2.51. The molecule has 0 spiro atoms. The molecule has 2 aliphatic rings. The average molecular weight is 278 g/mol. The Hall–Kier alpha value is -1.79. The first-order chi connectivity index (χ1) is 9.78. The number of hydrogen-bond donors (Lipinski definition) is 1. The van der Waals surface area contributed by atoms with Gasteiger partial charge in [-0.3, -0.25) is 4.90 Å². The summed E-state index contributed by atoms with van der Waals surface area (Å²) < 4.78 is 10.4. The number of anilines is 2. The number of carbonyl (C=O) groups excluding carboxylic acids is 1. The lowest BCUT2D eigenvalue weighted by atomic mass is 10.2. The maximum absolute atomic E-state index is 11.8. The van der Waals surface area contributed by atoms with Gasteiger partial charge in [0.05, 0.1) is 26.4 Å². The number of hydrogen-bond acceptors (Lipinski definition) is 5. The molecule has 2 fully saturated rings. The molecule has 1 amide bonds. The topological polar surface area (TPSA) is 62.2 Å². The zero-order chi connectivity index (χ0) is 13.9. The van der Waals surface area contributed by atoms with E-state index >= 15 is 0 Å². The van der Waals surface area contributed by atoms with E-state index in [1.165, 1.54) is 0 Å². The average Bonchev–Trinajstić information content (AvgIpc) is 2.89. The van der Waals surface area contributed by atoms with Gasteiger partial charge in [0, 0.05) is 24.5 Å². The van der Waals surface area contributed by atoms with Gasteiger partial charge < -0.3 is 19.5 Å². The second-order valence-electron chi connectivity index (χ2n) is 4.92. The van der Waals surface area contributed by atoms with Gasteiger partial charge in [0.2, 0.25) is 0 Å². The van der Waals surface area contributed by atoms with Crippen LogP contribution in [-0.2, 0) is 9.47 Å². The smallest absolute Gasteiger partial charge is 0.414 e.